The quantitative estimate of drug-likeness (QED) is 0.943. The van der Waals surface area contributed by atoms with Gasteiger partial charge in [-0.2, -0.15) is 5.10 Å². The zero-order valence-electron chi connectivity index (χ0n) is 14.1. The van der Waals surface area contributed by atoms with Crippen LogP contribution < -0.4 is 10.1 Å². The van der Waals surface area contributed by atoms with E-state index in [2.05, 4.69) is 23.4 Å². The van der Waals surface area contributed by atoms with Crippen molar-refractivity contribution in [2.75, 3.05) is 6.61 Å². The molecule has 1 aliphatic heterocycles. The van der Waals surface area contributed by atoms with Crippen molar-refractivity contribution in [1.82, 2.24) is 15.1 Å². The molecule has 1 N–H and O–H groups in total. The third-order valence-electron chi connectivity index (χ3n) is 4.30. The fourth-order valence-corrected chi connectivity index (χ4v) is 3.14. The van der Waals surface area contributed by atoms with Crippen molar-refractivity contribution in [1.29, 1.82) is 0 Å². The van der Waals surface area contributed by atoms with Gasteiger partial charge in [0.25, 0.3) is 5.91 Å². The van der Waals surface area contributed by atoms with Crippen LogP contribution in [-0.4, -0.2) is 22.3 Å². The molecule has 0 bridgehead atoms. The van der Waals surface area contributed by atoms with Gasteiger partial charge < -0.3 is 10.1 Å². The van der Waals surface area contributed by atoms with E-state index in [0.717, 1.165) is 41.2 Å². The third-order valence-corrected chi connectivity index (χ3v) is 4.30. The van der Waals surface area contributed by atoms with Crippen LogP contribution in [0.15, 0.2) is 18.2 Å². The second kappa shape index (κ2) is 6.07. The minimum Gasteiger partial charge on any atom is -0.491 e. The van der Waals surface area contributed by atoms with Crippen molar-refractivity contribution in [3.63, 3.8) is 0 Å². The van der Waals surface area contributed by atoms with Gasteiger partial charge in [-0.1, -0.05) is 24.6 Å². The number of aryl methyl sites for hydroxylation is 3. The Labute approximate surface area is 136 Å². The predicted molar refractivity (Wildman–Crippen MR) is 88.9 cm³/mol. The Hall–Kier alpha value is -2.30. The zero-order chi connectivity index (χ0) is 16.6. The van der Waals surface area contributed by atoms with Gasteiger partial charge in [-0.05, 0) is 33.3 Å². The number of rotatable bonds is 4. The van der Waals surface area contributed by atoms with Crippen LogP contribution in [0.4, 0.5) is 0 Å². The molecule has 122 valence electrons. The SMILES string of the molecule is CCCn1nc(C)c(C(=O)N[C@@H]2COc3ccc(C)cc32)c1C. The summed E-state index contributed by atoms with van der Waals surface area (Å²) in [6, 6.07) is 5.96. The van der Waals surface area contributed by atoms with E-state index in [0.29, 0.717) is 12.2 Å². The summed E-state index contributed by atoms with van der Waals surface area (Å²) in [4.78, 5) is 12.7. The van der Waals surface area contributed by atoms with Crippen LogP contribution in [0.1, 0.15) is 52.3 Å². The Morgan fingerprint density at radius 2 is 2.17 bits per heavy atom. The van der Waals surface area contributed by atoms with Gasteiger partial charge in [0.2, 0.25) is 0 Å². The number of nitrogens with zero attached hydrogens (tertiary/aromatic N) is 2. The molecule has 3 rings (SSSR count). The minimum absolute atomic E-state index is 0.0784. The topological polar surface area (TPSA) is 56.2 Å². The minimum atomic E-state index is -0.106. The largest absolute Gasteiger partial charge is 0.491 e. The summed E-state index contributed by atoms with van der Waals surface area (Å²) < 4.78 is 7.58. The molecule has 0 radical (unpaired) electrons. The molecule has 5 heteroatoms. The molecule has 0 aliphatic carbocycles. The Morgan fingerprint density at radius 3 is 2.91 bits per heavy atom. The van der Waals surface area contributed by atoms with Crippen LogP contribution in [0, 0.1) is 20.8 Å². The smallest absolute Gasteiger partial charge is 0.255 e. The van der Waals surface area contributed by atoms with E-state index in [1.165, 1.54) is 0 Å². The summed E-state index contributed by atoms with van der Waals surface area (Å²) in [5.41, 5.74) is 4.59. The summed E-state index contributed by atoms with van der Waals surface area (Å²) in [6.45, 7) is 9.29. The van der Waals surface area contributed by atoms with Crippen molar-refractivity contribution in [3.05, 3.63) is 46.3 Å². The number of aromatic nitrogens is 2. The lowest BCUT2D eigenvalue weighted by Gasteiger charge is -2.12. The molecule has 1 aromatic heterocycles. The van der Waals surface area contributed by atoms with Crippen LogP contribution >= 0.6 is 0 Å². The molecule has 0 spiro atoms. The molecule has 5 nitrogen and oxygen atoms in total. The van der Waals surface area contributed by atoms with Gasteiger partial charge in [0.15, 0.2) is 0 Å². The third kappa shape index (κ3) is 2.83. The Morgan fingerprint density at radius 1 is 1.39 bits per heavy atom. The van der Waals surface area contributed by atoms with Gasteiger partial charge in [0, 0.05) is 17.8 Å². The average Bonchev–Trinajstić information content (AvgIpc) is 3.01. The zero-order valence-corrected chi connectivity index (χ0v) is 14.1. The highest BCUT2D eigenvalue weighted by Gasteiger charge is 2.28. The van der Waals surface area contributed by atoms with Gasteiger partial charge in [0.05, 0.1) is 17.3 Å². The Bertz CT molecular complexity index is 749. The summed E-state index contributed by atoms with van der Waals surface area (Å²) in [6.07, 6.45) is 0.992. The summed E-state index contributed by atoms with van der Waals surface area (Å²) in [5, 5.41) is 7.58. The molecule has 1 aliphatic rings. The fraction of sp³-hybridized carbons (Fsp3) is 0.444. The summed E-state index contributed by atoms with van der Waals surface area (Å²) >= 11 is 0. The van der Waals surface area contributed by atoms with E-state index < -0.39 is 0 Å². The van der Waals surface area contributed by atoms with Crippen LogP contribution in [0.25, 0.3) is 0 Å². The number of carbonyl (C=O) groups is 1. The Balaban J connectivity index is 1.83. The van der Waals surface area contributed by atoms with E-state index in [4.69, 9.17) is 4.74 Å². The molecule has 23 heavy (non-hydrogen) atoms. The first-order valence-electron chi connectivity index (χ1n) is 8.09. The van der Waals surface area contributed by atoms with E-state index in [9.17, 15) is 4.79 Å². The second-order valence-electron chi connectivity index (χ2n) is 6.15. The first kappa shape index (κ1) is 15.6. The standard InChI is InChI=1S/C18H23N3O2/c1-5-8-21-13(4)17(12(3)20-21)18(22)19-15-10-23-16-7-6-11(2)9-14(15)16/h6-7,9,15H,5,8,10H2,1-4H3,(H,19,22)/t15-/m1/s1. The fourth-order valence-electron chi connectivity index (χ4n) is 3.14. The second-order valence-corrected chi connectivity index (χ2v) is 6.15. The van der Waals surface area contributed by atoms with Gasteiger partial charge in [0.1, 0.15) is 12.4 Å². The van der Waals surface area contributed by atoms with Crippen molar-refractivity contribution < 1.29 is 9.53 Å². The molecule has 1 amide bonds. The first-order valence-corrected chi connectivity index (χ1v) is 8.09. The molecule has 2 aromatic rings. The number of hydrogen-bond donors (Lipinski definition) is 1. The maximum atomic E-state index is 12.7. The molecule has 2 heterocycles. The monoisotopic (exact) mass is 313 g/mol. The molecule has 0 saturated carbocycles. The van der Waals surface area contributed by atoms with Gasteiger partial charge in [-0.3, -0.25) is 9.48 Å². The number of hydrogen-bond acceptors (Lipinski definition) is 3. The maximum Gasteiger partial charge on any atom is 0.255 e. The molecule has 0 saturated heterocycles. The van der Waals surface area contributed by atoms with E-state index in [1.807, 2.05) is 37.6 Å². The number of benzene rings is 1. The van der Waals surface area contributed by atoms with E-state index in [-0.39, 0.29) is 11.9 Å². The van der Waals surface area contributed by atoms with Gasteiger partial charge in [-0.15, -0.1) is 0 Å². The van der Waals surface area contributed by atoms with Crippen molar-refractivity contribution in [2.24, 2.45) is 0 Å². The first-order chi connectivity index (χ1) is 11.0. The molecule has 1 atom stereocenters. The van der Waals surface area contributed by atoms with Crippen molar-refractivity contribution in [2.45, 2.75) is 46.7 Å². The van der Waals surface area contributed by atoms with Crippen LogP contribution in [0.3, 0.4) is 0 Å². The van der Waals surface area contributed by atoms with Gasteiger partial charge >= 0.3 is 0 Å². The molecule has 0 fully saturated rings. The number of ether oxygens (including phenoxy) is 1. The Kier molecular flexibility index (Phi) is 4.11. The molecule has 1 aromatic carbocycles. The van der Waals surface area contributed by atoms with E-state index in [1.54, 1.807) is 0 Å². The van der Waals surface area contributed by atoms with Crippen LogP contribution in [0.5, 0.6) is 5.75 Å². The number of nitrogens with one attached hydrogen (secondary N) is 1. The van der Waals surface area contributed by atoms with Crippen molar-refractivity contribution in [3.8, 4) is 5.75 Å². The number of amides is 1. The predicted octanol–water partition coefficient (Wildman–Crippen LogP) is 3.08. The van der Waals surface area contributed by atoms with E-state index >= 15 is 0 Å². The summed E-state index contributed by atoms with van der Waals surface area (Å²) in [5.74, 6) is 0.779. The van der Waals surface area contributed by atoms with Crippen molar-refractivity contribution >= 4 is 5.91 Å². The maximum absolute atomic E-state index is 12.7. The molecule has 0 unspecified atom stereocenters. The highest BCUT2D eigenvalue weighted by molar-refractivity contribution is 5.96. The van der Waals surface area contributed by atoms with Gasteiger partial charge in [-0.25, -0.2) is 0 Å². The normalized spacial score (nSPS) is 16.1. The molecular formula is C18H23N3O2. The highest BCUT2D eigenvalue weighted by atomic mass is 16.5. The van der Waals surface area contributed by atoms with Crippen LogP contribution in [-0.2, 0) is 6.54 Å². The molecular weight excluding hydrogens is 290 g/mol. The average molecular weight is 313 g/mol. The number of fused-ring (bicyclic) bond motifs is 1. The van der Waals surface area contributed by atoms with Crippen LogP contribution in [0.2, 0.25) is 0 Å². The summed E-state index contributed by atoms with van der Waals surface area (Å²) in [7, 11) is 0. The lowest BCUT2D eigenvalue weighted by molar-refractivity contribution is 0.0929. The number of carbonyl (C=O) groups excluding carboxylic acids is 1. The highest BCUT2D eigenvalue weighted by Crippen LogP contribution is 2.33. The lowest BCUT2D eigenvalue weighted by atomic mass is 10.0. The lowest BCUT2D eigenvalue weighted by Crippen LogP contribution is -2.30.